The predicted molar refractivity (Wildman–Crippen MR) is 154 cm³/mol. The maximum absolute atomic E-state index is 12.7. The second kappa shape index (κ2) is 15.3. The SMILES string of the molecule is CCCCCCCNC(=O)N(C)c1cccc(-c2ccc(C=CC(=O)OC)cc2OCc2ccccc2)c1. The molecule has 200 valence electrons. The Morgan fingerprint density at radius 2 is 1.71 bits per heavy atom. The van der Waals surface area contributed by atoms with Gasteiger partial charge in [0.15, 0.2) is 0 Å². The van der Waals surface area contributed by atoms with E-state index >= 15 is 0 Å². The molecule has 0 atom stereocenters. The molecule has 0 aliphatic carbocycles. The Morgan fingerprint density at radius 1 is 0.921 bits per heavy atom. The number of urea groups is 1. The number of hydrogen-bond donors (Lipinski definition) is 1. The van der Waals surface area contributed by atoms with Crippen molar-refractivity contribution in [3.05, 3.63) is 90.0 Å². The van der Waals surface area contributed by atoms with E-state index in [2.05, 4.69) is 12.2 Å². The van der Waals surface area contributed by atoms with Crippen molar-refractivity contribution in [3.63, 3.8) is 0 Å². The molecule has 0 spiro atoms. The number of ether oxygens (including phenoxy) is 2. The zero-order valence-electron chi connectivity index (χ0n) is 22.6. The predicted octanol–water partition coefficient (Wildman–Crippen LogP) is 7.24. The van der Waals surface area contributed by atoms with Crippen LogP contribution in [0.1, 0.15) is 50.2 Å². The first-order valence-electron chi connectivity index (χ1n) is 13.2. The average molecular weight is 515 g/mol. The van der Waals surface area contributed by atoms with Gasteiger partial charge in [-0.05, 0) is 47.4 Å². The number of anilines is 1. The minimum atomic E-state index is -0.421. The molecule has 0 unspecified atom stereocenters. The lowest BCUT2D eigenvalue weighted by Gasteiger charge is -2.20. The van der Waals surface area contributed by atoms with Gasteiger partial charge in [0, 0.05) is 30.9 Å². The molecular weight excluding hydrogens is 476 g/mol. The number of rotatable bonds is 13. The largest absolute Gasteiger partial charge is 0.488 e. The average Bonchev–Trinajstić information content (AvgIpc) is 2.96. The second-order valence-corrected chi connectivity index (χ2v) is 9.14. The summed E-state index contributed by atoms with van der Waals surface area (Å²) in [6, 6.07) is 23.4. The van der Waals surface area contributed by atoms with Gasteiger partial charge in [0.25, 0.3) is 0 Å². The summed E-state index contributed by atoms with van der Waals surface area (Å²) < 4.78 is 11.0. The molecule has 0 aliphatic rings. The third-order valence-electron chi connectivity index (χ3n) is 6.26. The van der Waals surface area contributed by atoms with Gasteiger partial charge in [-0.25, -0.2) is 9.59 Å². The summed E-state index contributed by atoms with van der Waals surface area (Å²) in [4.78, 5) is 26.0. The van der Waals surface area contributed by atoms with Crippen LogP contribution in [0, 0.1) is 0 Å². The summed E-state index contributed by atoms with van der Waals surface area (Å²) >= 11 is 0. The Kier molecular flexibility index (Phi) is 11.4. The van der Waals surface area contributed by atoms with Gasteiger partial charge < -0.3 is 14.8 Å². The molecule has 0 radical (unpaired) electrons. The fourth-order valence-electron chi connectivity index (χ4n) is 4.01. The molecule has 6 heteroatoms. The van der Waals surface area contributed by atoms with Gasteiger partial charge in [-0.15, -0.1) is 0 Å². The Bertz CT molecular complexity index is 1210. The minimum absolute atomic E-state index is 0.124. The first kappa shape index (κ1) is 28.5. The highest BCUT2D eigenvalue weighted by molar-refractivity contribution is 5.92. The molecule has 0 aliphatic heterocycles. The number of methoxy groups -OCH3 is 1. The number of benzene rings is 3. The highest BCUT2D eigenvalue weighted by Gasteiger charge is 2.13. The number of carbonyl (C=O) groups excluding carboxylic acids is 2. The number of nitrogens with zero attached hydrogens (tertiary/aromatic N) is 1. The van der Waals surface area contributed by atoms with Crippen molar-refractivity contribution in [2.75, 3.05) is 25.6 Å². The maximum Gasteiger partial charge on any atom is 0.330 e. The molecule has 0 saturated carbocycles. The van der Waals surface area contributed by atoms with Crippen molar-refractivity contribution in [3.8, 4) is 16.9 Å². The minimum Gasteiger partial charge on any atom is -0.488 e. The van der Waals surface area contributed by atoms with E-state index in [9.17, 15) is 9.59 Å². The number of unbranched alkanes of at least 4 members (excludes halogenated alkanes) is 4. The van der Waals surface area contributed by atoms with Gasteiger partial charge in [0.05, 0.1) is 7.11 Å². The molecule has 1 N–H and O–H groups in total. The Balaban J connectivity index is 1.79. The van der Waals surface area contributed by atoms with Crippen LogP contribution in [0.2, 0.25) is 0 Å². The van der Waals surface area contributed by atoms with E-state index in [0.717, 1.165) is 40.8 Å². The monoisotopic (exact) mass is 514 g/mol. The van der Waals surface area contributed by atoms with E-state index in [1.54, 1.807) is 18.0 Å². The number of hydrogen-bond acceptors (Lipinski definition) is 4. The molecule has 0 saturated heterocycles. The molecule has 3 aromatic rings. The Hall–Kier alpha value is -4.06. The third-order valence-corrected chi connectivity index (χ3v) is 6.26. The zero-order chi connectivity index (χ0) is 27.2. The lowest BCUT2D eigenvalue weighted by molar-refractivity contribution is -0.134. The van der Waals surface area contributed by atoms with Crippen LogP contribution in [0.5, 0.6) is 5.75 Å². The summed E-state index contributed by atoms with van der Waals surface area (Å²) in [6.45, 7) is 3.27. The normalized spacial score (nSPS) is 10.8. The topological polar surface area (TPSA) is 67.9 Å². The van der Waals surface area contributed by atoms with Crippen LogP contribution in [0.4, 0.5) is 10.5 Å². The van der Waals surface area contributed by atoms with Crippen LogP contribution in [0.15, 0.2) is 78.9 Å². The molecule has 0 bridgehead atoms. The highest BCUT2D eigenvalue weighted by atomic mass is 16.5. The van der Waals surface area contributed by atoms with E-state index < -0.39 is 5.97 Å². The van der Waals surface area contributed by atoms with Crippen molar-refractivity contribution in [1.29, 1.82) is 0 Å². The number of carbonyl (C=O) groups is 2. The van der Waals surface area contributed by atoms with Gasteiger partial charge >= 0.3 is 12.0 Å². The summed E-state index contributed by atoms with van der Waals surface area (Å²) in [7, 11) is 3.13. The lowest BCUT2D eigenvalue weighted by atomic mass is 10.0. The van der Waals surface area contributed by atoms with E-state index in [1.165, 1.54) is 32.4 Å². The molecule has 38 heavy (non-hydrogen) atoms. The standard InChI is InChI=1S/C32H38N2O4/c1-4-5-6-7-11-21-33-32(36)34(2)28-16-12-15-27(23-28)29-19-17-25(18-20-31(35)37-3)22-30(29)38-24-26-13-9-8-10-14-26/h8-10,12-20,22-23H,4-7,11,21,24H2,1-3H3,(H,33,36). The molecule has 0 heterocycles. The highest BCUT2D eigenvalue weighted by Crippen LogP contribution is 2.34. The van der Waals surface area contributed by atoms with Crippen molar-refractivity contribution in [1.82, 2.24) is 5.32 Å². The van der Waals surface area contributed by atoms with Crippen molar-refractivity contribution < 1.29 is 19.1 Å². The first-order valence-corrected chi connectivity index (χ1v) is 13.2. The maximum atomic E-state index is 12.7. The van der Waals surface area contributed by atoms with Crippen LogP contribution in [0.25, 0.3) is 17.2 Å². The van der Waals surface area contributed by atoms with Crippen molar-refractivity contribution in [2.45, 2.75) is 45.6 Å². The fraction of sp³-hybridized carbons (Fsp3) is 0.312. The third kappa shape index (κ3) is 8.80. The molecular formula is C32H38N2O4. The molecule has 0 fully saturated rings. The van der Waals surface area contributed by atoms with Crippen LogP contribution < -0.4 is 15.0 Å². The summed E-state index contributed by atoms with van der Waals surface area (Å²) in [5.74, 6) is 0.257. The van der Waals surface area contributed by atoms with Crippen LogP contribution >= 0.6 is 0 Å². The first-order chi connectivity index (χ1) is 18.5. The Labute approximate surface area is 226 Å². The molecule has 3 rings (SSSR count). The van der Waals surface area contributed by atoms with E-state index in [4.69, 9.17) is 9.47 Å². The van der Waals surface area contributed by atoms with Gasteiger partial charge in [-0.2, -0.15) is 0 Å². The molecule has 0 aromatic heterocycles. The molecule has 3 aromatic carbocycles. The van der Waals surface area contributed by atoms with E-state index in [0.29, 0.717) is 18.9 Å². The second-order valence-electron chi connectivity index (χ2n) is 9.14. The quantitative estimate of drug-likeness (QED) is 0.148. The van der Waals surface area contributed by atoms with E-state index in [-0.39, 0.29) is 6.03 Å². The summed E-state index contributed by atoms with van der Waals surface area (Å²) in [6.07, 6.45) is 8.84. The van der Waals surface area contributed by atoms with Gasteiger partial charge in [-0.1, -0.05) is 87.2 Å². The van der Waals surface area contributed by atoms with Crippen LogP contribution in [-0.2, 0) is 16.1 Å². The van der Waals surface area contributed by atoms with Gasteiger partial charge in [-0.3, -0.25) is 4.90 Å². The zero-order valence-corrected chi connectivity index (χ0v) is 22.6. The smallest absolute Gasteiger partial charge is 0.330 e. The summed E-state index contributed by atoms with van der Waals surface area (Å²) in [5, 5.41) is 3.02. The van der Waals surface area contributed by atoms with Gasteiger partial charge in [0.2, 0.25) is 0 Å². The Morgan fingerprint density at radius 3 is 2.47 bits per heavy atom. The summed E-state index contributed by atoms with van der Waals surface area (Å²) in [5.41, 5.74) is 4.47. The van der Waals surface area contributed by atoms with Crippen LogP contribution in [0.3, 0.4) is 0 Å². The number of amides is 2. The molecule has 6 nitrogen and oxygen atoms in total. The lowest BCUT2D eigenvalue weighted by Crippen LogP contribution is -2.37. The van der Waals surface area contributed by atoms with Crippen LogP contribution in [-0.4, -0.2) is 32.7 Å². The van der Waals surface area contributed by atoms with Crippen molar-refractivity contribution in [2.24, 2.45) is 0 Å². The van der Waals surface area contributed by atoms with E-state index in [1.807, 2.05) is 72.8 Å². The number of esters is 1. The van der Waals surface area contributed by atoms with Gasteiger partial charge in [0.1, 0.15) is 12.4 Å². The van der Waals surface area contributed by atoms with Crippen molar-refractivity contribution >= 4 is 23.8 Å². The molecule has 2 amide bonds. The fourth-order valence-corrected chi connectivity index (χ4v) is 4.01. The number of nitrogens with one attached hydrogen (secondary N) is 1.